The Morgan fingerprint density at radius 3 is 2.57 bits per heavy atom. The van der Waals surface area contributed by atoms with Crippen LogP contribution in [0.2, 0.25) is 0 Å². The maximum Gasteiger partial charge on any atom is 0.289 e. The van der Waals surface area contributed by atoms with Crippen LogP contribution in [0.25, 0.3) is 0 Å². The second kappa shape index (κ2) is 8.84. The number of pyridine rings is 1. The van der Waals surface area contributed by atoms with Crippen molar-refractivity contribution in [2.75, 3.05) is 17.7 Å². The summed E-state index contributed by atoms with van der Waals surface area (Å²) >= 11 is 0. The highest BCUT2D eigenvalue weighted by molar-refractivity contribution is 6.05. The first-order valence-electron chi connectivity index (χ1n) is 8.15. The molecule has 162 valence electrons. The molecule has 2 rings (SSSR count). The van der Waals surface area contributed by atoms with Gasteiger partial charge in [0.2, 0.25) is 0 Å². The van der Waals surface area contributed by atoms with Crippen LogP contribution in [-0.2, 0) is 4.74 Å². The molecule has 0 aliphatic carbocycles. The van der Waals surface area contributed by atoms with Gasteiger partial charge >= 0.3 is 0 Å². The Labute approximate surface area is 166 Å². The molecule has 9 nitrogen and oxygen atoms in total. The van der Waals surface area contributed by atoms with Gasteiger partial charge in [-0.05, 0) is 12.1 Å². The van der Waals surface area contributed by atoms with Gasteiger partial charge in [-0.1, -0.05) is 6.92 Å². The maximum absolute atomic E-state index is 14.2. The molecular formula is C16H16F5N7O2. The Hall–Kier alpha value is -3.58. The van der Waals surface area contributed by atoms with Crippen LogP contribution in [0.3, 0.4) is 0 Å². The lowest BCUT2D eigenvalue weighted by atomic mass is 9.99. The molecule has 2 aromatic rings. The van der Waals surface area contributed by atoms with Crippen molar-refractivity contribution in [1.82, 2.24) is 15.0 Å². The lowest BCUT2D eigenvalue weighted by Crippen LogP contribution is -2.34. The van der Waals surface area contributed by atoms with Crippen molar-refractivity contribution in [3.63, 3.8) is 0 Å². The zero-order valence-corrected chi connectivity index (χ0v) is 15.3. The lowest BCUT2D eigenvalue weighted by Gasteiger charge is -2.23. The number of hydrogen-bond acceptors (Lipinski definition) is 7. The van der Waals surface area contributed by atoms with E-state index in [0.29, 0.717) is 6.20 Å². The van der Waals surface area contributed by atoms with Crippen LogP contribution in [0.5, 0.6) is 0 Å². The summed E-state index contributed by atoms with van der Waals surface area (Å²) in [5, 5.41) is 8.99. The smallest absolute Gasteiger partial charge is 0.289 e. The van der Waals surface area contributed by atoms with Gasteiger partial charge in [-0.2, -0.15) is 0 Å². The molecule has 0 aliphatic rings. The van der Waals surface area contributed by atoms with Crippen molar-refractivity contribution in [3.8, 4) is 0 Å². The summed E-state index contributed by atoms with van der Waals surface area (Å²) in [7, 11) is 0. The molecule has 0 unspecified atom stereocenters. The molecule has 1 atom stereocenters. The Kier molecular flexibility index (Phi) is 6.69. The van der Waals surface area contributed by atoms with Crippen molar-refractivity contribution >= 4 is 23.6 Å². The van der Waals surface area contributed by atoms with Crippen molar-refractivity contribution < 1.29 is 31.5 Å². The van der Waals surface area contributed by atoms with Crippen LogP contribution in [0.15, 0.2) is 18.3 Å². The third kappa shape index (κ3) is 5.27. The molecule has 6 N–H and O–H groups in total. The summed E-state index contributed by atoms with van der Waals surface area (Å²) in [4.78, 5) is 22.8. The van der Waals surface area contributed by atoms with Gasteiger partial charge in [0.05, 0.1) is 17.8 Å². The molecule has 0 aliphatic heterocycles. The van der Waals surface area contributed by atoms with Gasteiger partial charge in [-0.25, -0.2) is 36.9 Å². The molecule has 0 spiro atoms. The van der Waals surface area contributed by atoms with Crippen molar-refractivity contribution in [2.45, 2.75) is 25.2 Å². The average molecular weight is 433 g/mol. The van der Waals surface area contributed by atoms with E-state index in [9.17, 15) is 26.7 Å². The van der Waals surface area contributed by atoms with Crippen molar-refractivity contribution in [1.29, 1.82) is 5.41 Å². The first kappa shape index (κ1) is 22.7. The molecule has 1 amide bonds. The molecule has 0 bridgehead atoms. The standard InChI is InChI=1S/C16H16F5N7O2/c1-6(16(20,21)5-30-15(23)24)10-7(17)2-3-9(27-10)28-14(29)11-13(22)26-8(4-25-11)12(18)19/h2-4,6,12H,5H2,1H3,(H2,22,26)(H3,23,24)(H,27,28,29)/t6-/m0/s1. The predicted octanol–water partition coefficient (Wildman–Crippen LogP) is 2.43. The zero-order valence-electron chi connectivity index (χ0n) is 15.3. The Morgan fingerprint density at radius 2 is 2.00 bits per heavy atom. The highest BCUT2D eigenvalue weighted by atomic mass is 19.3. The van der Waals surface area contributed by atoms with E-state index in [1.807, 2.05) is 0 Å². The van der Waals surface area contributed by atoms with Gasteiger partial charge in [-0.15, -0.1) is 0 Å². The third-order valence-corrected chi connectivity index (χ3v) is 3.84. The molecule has 14 heteroatoms. The highest BCUT2D eigenvalue weighted by Crippen LogP contribution is 2.34. The summed E-state index contributed by atoms with van der Waals surface area (Å²) in [6.07, 6.45) is -2.30. The van der Waals surface area contributed by atoms with Crippen LogP contribution in [0.1, 0.15) is 41.1 Å². The molecule has 2 aromatic heterocycles. The minimum atomic E-state index is -3.65. The van der Waals surface area contributed by atoms with Crippen LogP contribution in [0.4, 0.5) is 33.6 Å². The lowest BCUT2D eigenvalue weighted by molar-refractivity contribution is -0.0659. The Balaban J connectivity index is 2.24. The summed E-state index contributed by atoms with van der Waals surface area (Å²) < 4.78 is 71.9. The van der Waals surface area contributed by atoms with Crippen molar-refractivity contribution in [3.05, 3.63) is 41.2 Å². The number of aromatic nitrogens is 3. The molecule has 0 saturated carbocycles. The average Bonchev–Trinajstić information content (AvgIpc) is 2.67. The van der Waals surface area contributed by atoms with E-state index in [-0.39, 0.29) is 5.82 Å². The van der Waals surface area contributed by atoms with Crippen LogP contribution < -0.4 is 16.8 Å². The van der Waals surface area contributed by atoms with E-state index in [1.54, 1.807) is 0 Å². The second-order valence-corrected chi connectivity index (χ2v) is 5.98. The zero-order chi connectivity index (χ0) is 22.6. The Morgan fingerprint density at radius 1 is 1.33 bits per heavy atom. The minimum absolute atomic E-state index is 0.328. The minimum Gasteiger partial charge on any atom is -0.459 e. The SMILES string of the molecule is C[C@@H](c1nc(NC(=O)c2ncc(C(F)F)nc2N)ccc1F)C(F)(F)COC(=N)N. The fourth-order valence-corrected chi connectivity index (χ4v) is 2.20. The summed E-state index contributed by atoms with van der Waals surface area (Å²) in [6, 6.07) is 0.851. The molecule has 0 radical (unpaired) electrons. The van der Waals surface area contributed by atoms with Gasteiger partial charge in [0, 0.05) is 0 Å². The van der Waals surface area contributed by atoms with E-state index in [4.69, 9.17) is 16.9 Å². The number of nitrogens with zero attached hydrogens (tertiary/aromatic N) is 3. The van der Waals surface area contributed by atoms with E-state index in [1.165, 1.54) is 0 Å². The van der Waals surface area contributed by atoms with Gasteiger partial charge in [0.1, 0.15) is 17.3 Å². The first-order chi connectivity index (χ1) is 13.9. The van der Waals surface area contributed by atoms with Gasteiger partial charge in [0.15, 0.2) is 18.1 Å². The number of nitrogens with two attached hydrogens (primary N) is 2. The van der Waals surface area contributed by atoms with E-state index in [0.717, 1.165) is 19.1 Å². The molecule has 2 heterocycles. The molecule has 30 heavy (non-hydrogen) atoms. The molecular weight excluding hydrogens is 417 g/mol. The van der Waals surface area contributed by atoms with E-state index in [2.05, 4.69) is 25.0 Å². The maximum atomic E-state index is 14.2. The number of rotatable bonds is 7. The van der Waals surface area contributed by atoms with Crippen molar-refractivity contribution in [2.24, 2.45) is 5.73 Å². The number of halogens is 5. The number of amides is 1. The number of anilines is 2. The van der Waals surface area contributed by atoms with Crippen LogP contribution in [-0.4, -0.2) is 39.4 Å². The number of amidine groups is 1. The summed E-state index contributed by atoms with van der Waals surface area (Å²) in [5.41, 5.74) is 8.36. The summed E-state index contributed by atoms with van der Waals surface area (Å²) in [6.45, 7) is -0.323. The largest absolute Gasteiger partial charge is 0.459 e. The third-order valence-electron chi connectivity index (χ3n) is 3.84. The van der Waals surface area contributed by atoms with Crippen LogP contribution in [0, 0.1) is 11.2 Å². The molecule has 0 fully saturated rings. The first-order valence-corrected chi connectivity index (χ1v) is 8.15. The quantitative estimate of drug-likeness (QED) is 0.297. The van der Waals surface area contributed by atoms with Gasteiger partial charge in [-0.3, -0.25) is 10.2 Å². The fourth-order valence-electron chi connectivity index (χ4n) is 2.20. The molecule has 0 saturated heterocycles. The molecule has 0 aromatic carbocycles. The topological polar surface area (TPSA) is 153 Å². The monoisotopic (exact) mass is 433 g/mol. The number of carbonyl (C=O) groups excluding carboxylic acids is 1. The van der Waals surface area contributed by atoms with Gasteiger partial charge in [0.25, 0.3) is 24.3 Å². The highest BCUT2D eigenvalue weighted by Gasteiger charge is 2.41. The predicted molar refractivity (Wildman–Crippen MR) is 94.8 cm³/mol. The second-order valence-electron chi connectivity index (χ2n) is 5.98. The number of nitrogen functional groups attached to an aromatic ring is 1. The van der Waals surface area contributed by atoms with Crippen LogP contribution >= 0.6 is 0 Å². The number of nitrogens with one attached hydrogen (secondary N) is 2. The van der Waals surface area contributed by atoms with E-state index < -0.39 is 65.5 Å². The normalized spacial score (nSPS) is 12.5. The fraction of sp³-hybridized carbons (Fsp3) is 0.312. The number of carbonyl (C=O) groups is 1. The number of alkyl halides is 4. The van der Waals surface area contributed by atoms with Gasteiger partial charge < -0.3 is 21.5 Å². The number of ether oxygens (including phenoxy) is 1. The summed E-state index contributed by atoms with van der Waals surface area (Å²) in [5.74, 6) is -8.49. The van der Waals surface area contributed by atoms with E-state index >= 15 is 0 Å². The number of hydrogen-bond donors (Lipinski definition) is 4. The Bertz CT molecular complexity index is 958.